The first-order valence-electron chi connectivity index (χ1n) is 9.68. The molecule has 1 unspecified atom stereocenters. The number of benzene rings is 1. The summed E-state index contributed by atoms with van der Waals surface area (Å²) in [6.45, 7) is 1.67. The van der Waals surface area contributed by atoms with E-state index in [1.54, 1.807) is 12.1 Å². The number of carbonyl (C=O) groups excluding carboxylic acids is 1. The summed E-state index contributed by atoms with van der Waals surface area (Å²) in [5.41, 5.74) is -0.0651. The van der Waals surface area contributed by atoms with Gasteiger partial charge >= 0.3 is 6.18 Å². The summed E-state index contributed by atoms with van der Waals surface area (Å²) in [4.78, 5) is 12.8. The number of hydrogen-bond acceptors (Lipinski definition) is 3. The maximum Gasteiger partial charge on any atom is 0.436 e. The Morgan fingerprint density at radius 1 is 1.34 bits per heavy atom. The van der Waals surface area contributed by atoms with E-state index in [2.05, 4.69) is 31.4 Å². The van der Waals surface area contributed by atoms with Crippen molar-refractivity contribution in [2.45, 2.75) is 44.4 Å². The minimum absolute atomic E-state index is 0.0511. The first kappa shape index (κ1) is 22.8. The summed E-state index contributed by atoms with van der Waals surface area (Å²) in [5.74, 6) is -1.04. The standard InChI is InChI=1S/C20H17BrClF4N5O/c1-10(31-16(12-5-6-12)15(21)17(28-31)20(24,25)26)19(32)27-18-14(22)9-30(29-18)8-11-3-2-4-13(23)7-11/h2-4,7,9-10,12H,5-6,8H2,1H3,(H,27,29,32). The predicted molar refractivity (Wildman–Crippen MR) is 113 cm³/mol. The molecule has 1 aromatic carbocycles. The first-order chi connectivity index (χ1) is 15.0. The fourth-order valence-electron chi connectivity index (χ4n) is 3.34. The summed E-state index contributed by atoms with van der Waals surface area (Å²) >= 11 is 9.18. The maximum absolute atomic E-state index is 13.4. The molecule has 1 N–H and O–H groups in total. The van der Waals surface area contributed by atoms with Gasteiger partial charge < -0.3 is 5.32 Å². The number of anilines is 1. The second-order valence-corrected chi connectivity index (χ2v) is 8.78. The molecule has 0 aliphatic heterocycles. The Bertz CT molecular complexity index is 1170. The van der Waals surface area contributed by atoms with E-state index in [0.29, 0.717) is 11.3 Å². The molecule has 12 heteroatoms. The number of rotatable bonds is 6. The lowest BCUT2D eigenvalue weighted by atomic mass is 10.2. The largest absolute Gasteiger partial charge is 0.436 e. The molecule has 2 heterocycles. The predicted octanol–water partition coefficient (Wildman–Crippen LogP) is 5.78. The number of aromatic nitrogens is 4. The van der Waals surface area contributed by atoms with Gasteiger partial charge in [-0.15, -0.1) is 0 Å². The monoisotopic (exact) mass is 533 g/mol. The fraction of sp³-hybridized carbons (Fsp3) is 0.350. The van der Waals surface area contributed by atoms with E-state index in [1.807, 2.05) is 0 Å². The van der Waals surface area contributed by atoms with Crippen LogP contribution in [0.15, 0.2) is 34.9 Å². The van der Waals surface area contributed by atoms with Gasteiger partial charge in [0.05, 0.1) is 16.7 Å². The van der Waals surface area contributed by atoms with E-state index in [9.17, 15) is 22.4 Å². The van der Waals surface area contributed by atoms with Gasteiger partial charge in [-0.2, -0.15) is 23.4 Å². The Morgan fingerprint density at radius 2 is 2.06 bits per heavy atom. The highest BCUT2D eigenvalue weighted by atomic mass is 79.9. The lowest BCUT2D eigenvalue weighted by Crippen LogP contribution is -2.26. The molecule has 1 saturated carbocycles. The van der Waals surface area contributed by atoms with Crippen molar-refractivity contribution in [3.63, 3.8) is 0 Å². The number of halogens is 6. The molecule has 32 heavy (non-hydrogen) atoms. The quantitative estimate of drug-likeness (QED) is 0.408. The van der Waals surface area contributed by atoms with Crippen LogP contribution in [0.3, 0.4) is 0 Å². The molecule has 0 spiro atoms. The molecular weight excluding hydrogens is 518 g/mol. The smallest absolute Gasteiger partial charge is 0.306 e. The van der Waals surface area contributed by atoms with E-state index in [1.165, 1.54) is 29.9 Å². The van der Waals surface area contributed by atoms with Gasteiger partial charge in [-0.1, -0.05) is 23.7 Å². The zero-order valence-corrected chi connectivity index (χ0v) is 19.0. The Labute approximate surface area is 193 Å². The van der Waals surface area contributed by atoms with Crippen LogP contribution in [-0.2, 0) is 17.5 Å². The minimum Gasteiger partial charge on any atom is -0.306 e. The van der Waals surface area contributed by atoms with Crippen LogP contribution in [0, 0.1) is 5.82 Å². The highest BCUT2D eigenvalue weighted by molar-refractivity contribution is 9.10. The second-order valence-electron chi connectivity index (χ2n) is 7.58. The van der Waals surface area contributed by atoms with Crippen LogP contribution in [0.2, 0.25) is 5.02 Å². The van der Waals surface area contributed by atoms with Crippen molar-refractivity contribution in [1.82, 2.24) is 19.6 Å². The van der Waals surface area contributed by atoms with Gasteiger partial charge in [-0.3, -0.25) is 14.2 Å². The molecule has 1 aliphatic rings. The summed E-state index contributed by atoms with van der Waals surface area (Å²) in [7, 11) is 0. The molecule has 3 aromatic rings. The molecule has 4 rings (SSSR count). The third kappa shape index (κ3) is 4.68. The van der Waals surface area contributed by atoms with Gasteiger partial charge in [-0.05, 0) is 53.4 Å². The molecule has 1 atom stereocenters. The maximum atomic E-state index is 13.4. The highest BCUT2D eigenvalue weighted by Crippen LogP contribution is 2.47. The van der Waals surface area contributed by atoms with Crippen molar-refractivity contribution in [2.75, 3.05) is 5.32 Å². The number of hydrogen-bond donors (Lipinski definition) is 1. The van der Waals surface area contributed by atoms with Crippen molar-refractivity contribution in [3.05, 3.63) is 62.7 Å². The molecule has 170 valence electrons. The van der Waals surface area contributed by atoms with Crippen LogP contribution in [0.4, 0.5) is 23.4 Å². The topological polar surface area (TPSA) is 64.7 Å². The first-order valence-corrected chi connectivity index (χ1v) is 10.8. The summed E-state index contributed by atoms with van der Waals surface area (Å²) in [5, 5.41) is 10.6. The van der Waals surface area contributed by atoms with Gasteiger partial charge in [0.25, 0.3) is 0 Å². The second kappa shape index (κ2) is 8.51. The van der Waals surface area contributed by atoms with Crippen LogP contribution in [-0.4, -0.2) is 25.5 Å². The molecule has 6 nitrogen and oxygen atoms in total. The van der Waals surface area contributed by atoms with Crippen molar-refractivity contribution in [2.24, 2.45) is 0 Å². The summed E-state index contributed by atoms with van der Waals surface area (Å²) < 4.78 is 55.8. The van der Waals surface area contributed by atoms with Crippen molar-refractivity contribution in [3.8, 4) is 0 Å². The van der Waals surface area contributed by atoms with Crippen molar-refractivity contribution < 1.29 is 22.4 Å². The molecule has 2 aromatic heterocycles. The molecular formula is C20H17BrClF4N5O. The average molecular weight is 535 g/mol. The van der Waals surface area contributed by atoms with E-state index >= 15 is 0 Å². The Kier molecular flexibility index (Phi) is 6.06. The number of alkyl halides is 3. The van der Waals surface area contributed by atoms with Crippen molar-refractivity contribution >= 4 is 39.3 Å². The summed E-state index contributed by atoms with van der Waals surface area (Å²) in [6, 6.07) is 4.91. The van der Waals surface area contributed by atoms with Gasteiger partial charge in [-0.25, -0.2) is 4.39 Å². The zero-order chi connectivity index (χ0) is 23.2. The number of amides is 1. The number of nitrogens with zero attached hydrogens (tertiary/aromatic N) is 4. The van der Waals surface area contributed by atoms with E-state index in [0.717, 1.165) is 17.5 Å². The van der Waals surface area contributed by atoms with Gasteiger partial charge in [0, 0.05) is 12.1 Å². The van der Waals surface area contributed by atoms with Crippen LogP contribution >= 0.6 is 27.5 Å². The van der Waals surface area contributed by atoms with Crippen LogP contribution < -0.4 is 5.32 Å². The van der Waals surface area contributed by atoms with Gasteiger partial charge in [0.2, 0.25) is 5.91 Å². The summed E-state index contributed by atoms with van der Waals surface area (Å²) in [6.07, 6.45) is -1.73. The Morgan fingerprint density at radius 3 is 2.69 bits per heavy atom. The van der Waals surface area contributed by atoms with E-state index in [4.69, 9.17) is 11.6 Å². The number of carbonyl (C=O) groups is 1. The van der Waals surface area contributed by atoms with Crippen LogP contribution in [0.5, 0.6) is 0 Å². The zero-order valence-electron chi connectivity index (χ0n) is 16.6. The SMILES string of the molecule is CC(C(=O)Nc1nn(Cc2cccc(F)c2)cc1Cl)n1nc(C(F)(F)F)c(Br)c1C1CC1. The minimum atomic E-state index is -4.65. The van der Waals surface area contributed by atoms with Crippen LogP contribution in [0.25, 0.3) is 0 Å². The van der Waals surface area contributed by atoms with E-state index in [-0.39, 0.29) is 27.8 Å². The highest BCUT2D eigenvalue weighted by Gasteiger charge is 2.43. The molecule has 0 radical (unpaired) electrons. The molecule has 1 aliphatic carbocycles. The average Bonchev–Trinajstić information content (AvgIpc) is 3.39. The molecule has 0 bridgehead atoms. The normalized spacial score (nSPS) is 15.1. The van der Waals surface area contributed by atoms with E-state index < -0.39 is 29.6 Å². The molecule has 1 amide bonds. The Balaban J connectivity index is 1.54. The lowest BCUT2D eigenvalue weighted by Gasteiger charge is -2.15. The van der Waals surface area contributed by atoms with Crippen LogP contribution in [0.1, 0.15) is 48.7 Å². The molecule has 0 saturated heterocycles. The van der Waals surface area contributed by atoms with Gasteiger partial charge in [0.1, 0.15) is 16.9 Å². The molecule has 1 fully saturated rings. The third-order valence-electron chi connectivity index (χ3n) is 5.06. The third-order valence-corrected chi connectivity index (χ3v) is 6.12. The Hall–Kier alpha value is -2.40. The number of nitrogens with one attached hydrogen (secondary N) is 1. The van der Waals surface area contributed by atoms with Crippen molar-refractivity contribution in [1.29, 1.82) is 0 Å². The lowest BCUT2D eigenvalue weighted by molar-refractivity contribution is -0.142. The fourth-order valence-corrected chi connectivity index (χ4v) is 4.35. The van der Waals surface area contributed by atoms with Gasteiger partial charge in [0.15, 0.2) is 11.5 Å².